The monoisotopic (exact) mass is 365 g/mol. The fourth-order valence-corrected chi connectivity index (χ4v) is 2.94. The van der Waals surface area contributed by atoms with E-state index in [2.05, 4.69) is 31.7 Å². The summed E-state index contributed by atoms with van der Waals surface area (Å²) in [4.78, 5) is 24.9. The van der Waals surface area contributed by atoms with Crippen LogP contribution in [0.25, 0.3) is 0 Å². The van der Waals surface area contributed by atoms with E-state index < -0.39 is 0 Å². The minimum absolute atomic E-state index is 0.0251. The molecule has 2 rings (SSSR count). The molecule has 1 aromatic carbocycles. The number of nitrogens with zero attached hydrogens (tertiary/aromatic N) is 1. The molecule has 1 fully saturated rings. The molecule has 22 heavy (non-hydrogen) atoms. The van der Waals surface area contributed by atoms with E-state index in [1.807, 2.05) is 45.2 Å². The van der Waals surface area contributed by atoms with Gasteiger partial charge in [0.2, 0.25) is 5.78 Å². The van der Waals surface area contributed by atoms with Gasteiger partial charge in [-0.05, 0) is 50.7 Å². The zero-order valence-corrected chi connectivity index (χ0v) is 14.5. The zero-order chi connectivity index (χ0) is 16.3. The second kappa shape index (κ2) is 7.07. The highest BCUT2D eigenvalue weighted by atomic mass is 79.9. The second-order valence-electron chi connectivity index (χ2n) is 5.56. The number of benzene rings is 1. The number of nitrogens with one attached hydrogen (secondary N) is 2. The summed E-state index contributed by atoms with van der Waals surface area (Å²) in [5, 5.41) is 0. The Labute approximate surface area is 138 Å². The van der Waals surface area contributed by atoms with Crippen molar-refractivity contribution >= 4 is 33.7 Å². The number of ketones is 1. The Bertz CT molecular complexity index is 598. The van der Waals surface area contributed by atoms with E-state index in [0.29, 0.717) is 12.8 Å². The summed E-state index contributed by atoms with van der Waals surface area (Å²) in [5.74, 6) is -0.738. The molecule has 6 heteroatoms. The van der Waals surface area contributed by atoms with Crippen LogP contribution in [-0.4, -0.2) is 36.6 Å². The van der Waals surface area contributed by atoms with Gasteiger partial charge < -0.3 is 10.9 Å². The molecule has 0 bridgehead atoms. The van der Waals surface area contributed by atoms with E-state index >= 15 is 0 Å². The fourth-order valence-electron chi connectivity index (χ4n) is 2.67. The first-order valence-electron chi connectivity index (χ1n) is 7.10. The number of Topliss-reactive ketones (excluding diaryl/α,β-unsaturated/α-hetero) is 1. The van der Waals surface area contributed by atoms with Crippen molar-refractivity contribution in [3.63, 3.8) is 0 Å². The van der Waals surface area contributed by atoms with Crippen LogP contribution in [0.1, 0.15) is 13.8 Å². The van der Waals surface area contributed by atoms with Gasteiger partial charge in [-0.2, -0.15) is 0 Å². The Hall–Kier alpha value is -1.66. The van der Waals surface area contributed by atoms with E-state index in [1.165, 1.54) is 0 Å². The Kier molecular flexibility index (Phi) is 5.37. The van der Waals surface area contributed by atoms with Gasteiger partial charge in [0.25, 0.3) is 0 Å². The maximum Gasteiger partial charge on any atom is 0.203 e. The molecular formula is C16H20BrN3O2. The Morgan fingerprint density at radius 1 is 1.36 bits per heavy atom. The zero-order valence-electron chi connectivity index (χ0n) is 12.9. The Morgan fingerprint density at radius 3 is 2.59 bits per heavy atom. The van der Waals surface area contributed by atoms with Crippen molar-refractivity contribution in [2.24, 2.45) is 5.92 Å². The first-order valence-corrected chi connectivity index (χ1v) is 7.90. The van der Waals surface area contributed by atoms with Crippen LogP contribution in [0.15, 0.2) is 40.0 Å². The lowest BCUT2D eigenvalue weighted by Gasteiger charge is -2.18. The Balaban J connectivity index is 2.14. The normalized spacial score (nSPS) is 24.0. The summed E-state index contributed by atoms with van der Waals surface area (Å²) in [6.07, 6.45) is 0.426. The number of carbonyl (C=O) groups excluding carboxylic acids is 2. The van der Waals surface area contributed by atoms with Gasteiger partial charge in [0, 0.05) is 22.8 Å². The first kappa shape index (κ1) is 16.7. The third-order valence-corrected chi connectivity index (χ3v) is 4.64. The van der Waals surface area contributed by atoms with Gasteiger partial charge in [0.05, 0.1) is 11.6 Å². The van der Waals surface area contributed by atoms with Crippen molar-refractivity contribution in [3.05, 3.63) is 40.0 Å². The number of likely N-dealkylation sites (tertiary alicyclic amines) is 1. The highest BCUT2D eigenvalue weighted by Crippen LogP contribution is 2.30. The quantitative estimate of drug-likeness (QED) is 0.476. The lowest BCUT2D eigenvalue weighted by molar-refractivity contribution is -0.132. The molecular weight excluding hydrogens is 346 g/mol. The maximum atomic E-state index is 11.9. The van der Waals surface area contributed by atoms with Gasteiger partial charge >= 0.3 is 0 Å². The van der Waals surface area contributed by atoms with Gasteiger partial charge in [-0.25, -0.2) is 0 Å². The third kappa shape index (κ3) is 3.56. The molecule has 2 N–H and O–H groups in total. The number of likely N-dealkylation sites (N-methyl/N-ethyl adjacent to an activating group) is 1. The van der Waals surface area contributed by atoms with Crippen LogP contribution >= 0.6 is 15.9 Å². The molecule has 0 saturated carbocycles. The van der Waals surface area contributed by atoms with Crippen LogP contribution < -0.4 is 10.9 Å². The molecule has 1 aliphatic rings. The second-order valence-corrected chi connectivity index (χ2v) is 6.48. The van der Waals surface area contributed by atoms with Crippen LogP contribution in [0, 0.1) is 5.92 Å². The lowest BCUT2D eigenvalue weighted by atomic mass is 9.91. The van der Waals surface area contributed by atoms with Crippen molar-refractivity contribution in [2.75, 3.05) is 19.0 Å². The van der Waals surface area contributed by atoms with Crippen molar-refractivity contribution in [1.82, 2.24) is 10.3 Å². The Morgan fingerprint density at radius 2 is 2.00 bits per heavy atom. The van der Waals surface area contributed by atoms with E-state index in [0.717, 1.165) is 21.4 Å². The number of allylic oxidation sites excluding steroid dienone is 1. The molecule has 118 valence electrons. The minimum atomic E-state index is -0.373. The molecule has 5 nitrogen and oxygen atoms in total. The predicted molar refractivity (Wildman–Crippen MR) is 90.3 cm³/mol. The number of aldehydes is 1. The average Bonchev–Trinajstić information content (AvgIpc) is 2.81. The molecule has 0 amide bonds. The minimum Gasteiger partial charge on any atom is -0.305 e. The summed E-state index contributed by atoms with van der Waals surface area (Å²) in [5.41, 5.74) is 8.99. The summed E-state index contributed by atoms with van der Waals surface area (Å²) < 4.78 is 1.01. The number of hydrogen-bond acceptors (Lipinski definition) is 5. The van der Waals surface area contributed by atoms with Gasteiger partial charge in [-0.3, -0.25) is 14.5 Å². The SMILES string of the molecule is CC(NNc1ccc(Br)cc1)=C1CN(C)C(C)C1C(=O)C=O. The molecule has 1 aliphatic heterocycles. The van der Waals surface area contributed by atoms with Crippen molar-refractivity contribution in [1.29, 1.82) is 0 Å². The van der Waals surface area contributed by atoms with Crippen LogP contribution in [0.5, 0.6) is 0 Å². The van der Waals surface area contributed by atoms with Crippen molar-refractivity contribution in [3.8, 4) is 0 Å². The average molecular weight is 366 g/mol. The summed E-state index contributed by atoms with van der Waals surface area (Å²) in [6, 6.07) is 7.78. The predicted octanol–water partition coefficient (Wildman–Crippen LogP) is 2.36. The van der Waals surface area contributed by atoms with E-state index in [9.17, 15) is 9.59 Å². The number of rotatable bonds is 5. The van der Waals surface area contributed by atoms with E-state index in [4.69, 9.17) is 0 Å². The van der Waals surface area contributed by atoms with Crippen LogP contribution in [0.2, 0.25) is 0 Å². The molecule has 1 aromatic rings. The highest BCUT2D eigenvalue weighted by molar-refractivity contribution is 9.10. The van der Waals surface area contributed by atoms with Crippen LogP contribution in [0.3, 0.4) is 0 Å². The number of hydrazine groups is 1. The third-order valence-electron chi connectivity index (χ3n) is 4.12. The largest absolute Gasteiger partial charge is 0.305 e. The van der Waals surface area contributed by atoms with Crippen LogP contribution in [0.4, 0.5) is 5.69 Å². The fraction of sp³-hybridized carbons (Fsp3) is 0.375. The molecule has 0 aliphatic carbocycles. The van der Waals surface area contributed by atoms with Gasteiger partial charge in [0.1, 0.15) is 0 Å². The molecule has 0 radical (unpaired) electrons. The number of carbonyl (C=O) groups is 2. The smallest absolute Gasteiger partial charge is 0.203 e. The molecule has 0 aromatic heterocycles. The van der Waals surface area contributed by atoms with Gasteiger partial charge in [-0.15, -0.1) is 0 Å². The molecule has 0 spiro atoms. The van der Waals surface area contributed by atoms with Crippen LogP contribution in [-0.2, 0) is 9.59 Å². The number of halogens is 1. The van der Waals surface area contributed by atoms with E-state index in [-0.39, 0.29) is 17.7 Å². The summed E-state index contributed by atoms with van der Waals surface area (Å²) >= 11 is 3.39. The first-order chi connectivity index (χ1) is 10.4. The number of anilines is 1. The summed E-state index contributed by atoms with van der Waals surface area (Å²) in [7, 11) is 1.96. The summed E-state index contributed by atoms with van der Waals surface area (Å²) in [6.45, 7) is 4.55. The van der Waals surface area contributed by atoms with Gasteiger partial charge in [-0.1, -0.05) is 15.9 Å². The van der Waals surface area contributed by atoms with Crippen molar-refractivity contribution < 1.29 is 9.59 Å². The topological polar surface area (TPSA) is 61.4 Å². The number of hydrogen-bond donors (Lipinski definition) is 2. The molecule has 2 unspecified atom stereocenters. The lowest BCUT2D eigenvalue weighted by Crippen LogP contribution is -2.31. The molecule has 1 saturated heterocycles. The molecule has 1 heterocycles. The van der Waals surface area contributed by atoms with Gasteiger partial charge in [0.15, 0.2) is 6.29 Å². The highest BCUT2D eigenvalue weighted by Gasteiger charge is 2.38. The van der Waals surface area contributed by atoms with E-state index in [1.54, 1.807) is 0 Å². The van der Waals surface area contributed by atoms with Crippen molar-refractivity contribution in [2.45, 2.75) is 19.9 Å². The standard InChI is InChI=1S/C16H20BrN3O2/c1-10(18-19-13-6-4-12(17)5-7-13)14-8-20(3)11(2)16(14)15(22)9-21/h4-7,9,11,16,18-19H,8H2,1-3H3. The molecule has 2 atom stereocenters. The maximum absolute atomic E-state index is 11.9.